The van der Waals surface area contributed by atoms with Gasteiger partial charge in [0, 0.05) is 11.6 Å². The van der Waals surface area contributed by atoms with Gasteiger partial charge >= 0.3 is 0 Å². The van der Waals surface area contributed by atoms with Crippen LogP contribution in [0.2, 0.25) is 5.02 Å². The van der Waals surface area contributed by atoms with Crippen LogP contribution in [0, 0.1) is 0 Å². The molecule has 1 rings (SSSR count). The highest BCUT2D eigenvalue weighted by Crippen LogP contribution is 2.27. The number of amides is 1. The van der Waals surface area contributed by atoms with E-state index in [1.807, 2.05) is 6.92 Å². The van der Waals surface area contributed by atoms with Crippen molar-refractivity contribution in [3.63, 3.8) is 0 Å². The van der Waals surface area contributed by atoms with Crippen LogP contribution in [0.1, 0.15) is 6.92 Å². The monoisotopic (exact) mass is 243 g/mol. The van der Waals surface area contributed by atoms with Gasteiger partial charge in [-0.25, -0.2) is 0 Å². The summed E-state index contributed by atoms with van der Waals surface area (Å²) in [7, 11) is 1.53. The fraction of sp³-hybridized carbons (Fsp3) is 0.364. The maximum atomic E-state index is 11.4. The van der Waals surface area contributed by atoms with E-state index in [0.717, 1.165) is 0 Å². The first-order chi connectivity index (χ1) is 7.67. The van der Waals surface area contributed by atoms with E-state index in [4.69, 9.17) is 21.1 Å². The lowest BCUT2D eigenvalue weighted by Gasteiger charge is -2.10. The quantitative estimate of drug-likeness (QED) is 0.864. The van der Waals surface area contributed by atoms with Crippen LogP contribution < -0.4 is 10.1 Å². The molecule has 0 bridgehead atoms. The fourth-order valence-electron chi connectivity index (χ4n) is 1.16. The normalized spacial score (nSPS) is 9.94. The lowest BCUT2D eigenvalue weighted by molar-refractivity contribution is -0.120. The van der Waals surface area contributed by atoms with E-state index >= 15 is 0 Å². The van der Waals surface area contributed by atoms with Crippen LogP contribution in [0.5, 0.6) is 5.75 Å². The second kappa shape index (κ2) is 6.35. The van der Waals surface area contributed by atoms with Crippen molar-refractivity contribution in [1.82, 2.24) is 0 Å². The van der Waals surface area contributed by atoms with Crippen LogP contribution in [0.15, 0.2) is 18.2 Å². The van der Waals surface area contributed by atoms with Crippen molar-refractivity contribution in [2.24, 2.45) is 0 Å². The molecular weight excluding hydrogens is 230 g/mol. The molecule has 0 atom stereocenters. The Morgan fingerprint density at radius 1 is 1.50 bits per heavy atom. The number of ether oxygens (including phenoxy) is 2. The molecule has 0 spiro atoms. The zero-order valence-electron chi connectivity index (χ0n) is 9.25. The van der Waals surface area contributed by atoms with Crippen LogP contribution in [0.3, 0.4) is 0 Å². The number of carbonyl (C=O) groups is 1. The van der Waals surface area contributed by atoms with Crippen LogP contribution in [-0.2, 0) is 9.53 Å². The number of methoxy groups -OCH3 is 1. The molecule has 16 heavy (non-hydrogen) atoms. The first kappa shape index (κ1) is 12.8. The Hall–Kier alpha value is -1.26. The second-order valence-electron chi connectivity index (χ2n) is 3.03. The summed E-state index contributed by atoms with van der Waals surface area (Å²) in [5.41, 5.74) is 0.541. The maximum Gasteiger partial charge on any atom is 0.250 e. The summed E-state index contributed by atoms with van der Waals surface area (Å²) in [6, 6.07) is 5.02. The zero-order chi connectivity index (χ0) is 12.0. The molecule has 1 N–H and O–H groups in total. The Bertz CT molecular complexity index is 368. The Labute approximate surface area is 99.5 Å². The van der Waals surface area contributed by atoms with Gasteiger partial charge in [-0.3, -0.25) is 4.79 Å². The molecule has 0 aromatic heterocycles. The van der Waals surface area contributed by atoms with E-state index < -0.39 is 0 Å². The summed E-state index contributed by atoms with van der Waals surface area (Å²) in [4.78, 5) is 11.4. The van der Waals surface area contributed by atoms with Crippen LogP contribution in [0.25, 0.3) is 0 Å². The van der Waals surface area contributed by atoms with Gasteiger partial charge in [-0.2, -0.15) is 0 Å². The Kier molecular flexibility index (Phi) is 5.08. The molecule has 0 aliphatic heterocycles. The van der Waals surface area contributed by atoms with Crippen LogP contribution >= 0.6 is 11.6 Å². The third kappa shape index (κ3) is 3.72. The molecule has 1 amide bonds. The highest BCUT2D eigenvalue weighted by Gasteiger charge is 2.07. The summed E-state index contributed by atoms with van der Waals surface area (Å²) in [6.07, 6.45) is 0. The summed E-state index contributed by atoms with van der Waals surface area (Å²) in [5, 5.41) is 3.20. The van der Waals surface area contributed by atoms with Gasteiger partial charge in [0.05, 0.1) is 12.8 Å². The Morgan fingerprint density at radius 3 is 2.88 bits per heavy atom. The lowest BCUT2D eigenvalue weighted by Crippen LogP contribution is -2.18. The summed E-state index contributed by atoms with van der Waals surface area (Å²) >= 11 is 5.82. The van der Waals surface area contributed by atoms with Gasteiger partial charge in [-0.05, 0) is 25.1 Å². The van der Waals surface area contributed by atoms with Crippen LogP contribution in [0.4, 0.5) is 5.69 Å². The predicted octanol–water partition coefficient (Wildman–Crippen LogP) is 2.32. The van der Waals surface area contributed by atoms with Gasteiger partial charge in [0.25, 0.3) is 0 Å². The zero-order valence-corrected chi connectivity index (χ0v) is 10.0. The van der Waals surface area contributed by atoms with Crippen molar-refractivity contribution in [3.05, 3.63) is 23.2 Å². The van der Waals surface area contributed by atoms with Gasteiger partial charge in [-0.1, -0.05) is 11.6 Å². The van der Waals surface area contributed by atoms with E-state index in [1.54, 1.807) is 18.2 Å². The number of nitrogens with one attached hydrogen (secondary N) is 1. The third-order valence-corrected chi connectivity index (χ3v) is 2.11. The highest BCUT2D eigenvalue weighted by molar-refractivity contribution is 6.31. The highest BCUT2D eigenvalue weighted by atomic mass is 35.5. The molecule has 0 unspecified atom stereocenters. The molecule has 0 fully saturated rings. The van der Waals surface area contributed by atoms with E-state index in [0.29, 0.717) is 23.1 Å². The first-order valence-corrected chi connectivity index (χ1v) is 5.26. The Morgan fingerprint density at radius 2 is 2.25 bits per heavy atom. The van der Waals surface area contributed by atoms with Crippen molar-refractivity contribution >= 4 is 23.2 Å². The molecule has 1 aromatic carbocycles. The van der Waals surface area contributed by atoms with Gasteiger partial charge in [-0.15, -0.1) is 0 Å². The van der Waals surface area contributed by atoms with E-state index in [2.05, 4.69) is 5.32 Å². The molecule has 0 saturated carbocycles. The van der Waals surface area contributed by atoms with Gasteiger partial charge in [0.1, 0.15) is 12.4 Å². The van der Waals surface area contributed by atoms with Crippen molar-refractivity contribution < 1.29 is 14.3 Å². The molecular formula is C11H14ClNO3. The van der Waals surface area contributed by atoms with Crippen molar-refractivity contribution in [3.8, 4) is 5.75 Å². The molecule has 4 nitrogen and oxygen atoms in total. The van der Waals surface area contributed by atoms with E-state index in [-0.39, 0.29) is 12.5 Å². The molecule has 0 aliphatic rings. The van der Waals surface area contributed by atoms with E-state index in [9.17, 15) is 4.79 Å². The number of hydrogen-bond acceptors (Lipinski definition) is 3. The van der Waals surface area contributed by atoms with Gasteiger partial charge in [0.2, 0.25) is 5.91 Å². The Balaban J connectivity index is 2.71. The van der Waals surface area contributed by atoms with Gasteiger partial charge in [0.15, 0.2) is 0 Å². The minimum Gasteiger partial charge on any atom is -0.495 e. The SMILES string of the molecule is CCOCC(=O)Nc1cc(Cl)ccc1OC. The molecule has 0 radical (unpaired) electrons. The van der Waals surface area contributed by atoms with Crippen molar-refractivity contribution in [2.45, 2.75) is 6.92 Å². The first-order valence-electron chi connectivity index (χ1n) is 4.88. The number of hydrogen-bond donors (Lipinski definition) is 1. The maximum absolute atomic E-state index is 11.4. The minimum absolute atomic E-state index is 0.0200. The number of anilines is 1. The van der Waals surface area contributed by atoms with Gasteiger partial charge < -0.3 is 14.8 Å². The van der Waals surface area contributed by atoms with E-state index in [1.165, 1.54) is 7.11 Å². The standard InChI is InChI=1S/C11H14ClNO3/c1-3-16-7-11(14)13-9-6-8(12)4-5-10(9)15-2/h4-6H,3,7H2,1-2H3,(H,13,14). The smallest absolute Gasteiger partial charge is 0.250 e. The van der Waals surface area contributed by atoms with Crippen molar-refractivity contribution in [2.75, 3.05) is 25.6 Å². The molecule has 0 saturated heterocycles. The lowest BCUT2D eigenvalue weighted by atomic mass is 10.3. The second-order valence-corrected chi connectivity index (χ2v) is 3.47. The molecule has 88 valence electrons. The molecule has 5 heteroatoms. The molecule has 0 heterocycles. The average molecular weight is 244 g/mol. The largest absolute Gasteiger partial charge is 0.495 e. The summed E-state index contributed by atoms with van der Waals surface area (Å²) < 4.78 is 10.1. The van der Waals surface area contributed by atoms with Crippen molar-refractivity contribution in [1.29, 1.82) is 0 Å². The number of benzene rings is 1. The predicted molar refractivity (Wildman–Crippen MR) is 63.1 cm³/mol. The number of carbonyl (C=O) groups excluding carboxylic acids is 1. The average Bonchev–Trinajstić information content (AvgIpc) is 2.27. The fourth-order valence-corrected chi connectivity index (χ4v) is 1.33. The van der Waals surface area contributed by atoms with Crippen LogP contribution in [-0.4, -0.2) is 26.2 Å². The third-order valence-electron chi connectivity index (χ3n) is 1.87. The number of halogens is 1. The summed E-state index contributed by atoms with van der Waals surface area (Å²) in [6.45, 7) is 2.35. The molecule has 0 aliphatic carbocycles. The summed E-state index contributed by atoms with van der Waals surface area (Å²) in [5.74, 6) is 0.330. The molecule has 1 aromatic rings. The topological polar surface area (TPSA) is 47.6 Å². The number of rotatable bonds is 5. The minimum atomic E-state index is -0.234.